The van der Waals surface area contributed by atoms with Crippen molar-refractivity contribution in [2.45, 2.75) is 38.3 Å². The smallest absolute Gasteiger partial charge is 0.255 e. The molecule has 1 saturated heterocycles. The van der Waals surface area contributed by atoms with Crippen LogP contribution in [-0.2, 0) is 13.6 Å². The van der Waals surface area contributed by atoms with Crippen molar-refractivity contribution in [2.24, 2.45) is 30.7 Å². The molecular formula is C26H26N6O. The quantitative estimate of drug-likeness (QED) is 0.485. The van der Waals surface area contributed by atoms with Crippen LogP contribution >= 0.6 is 0 Å². The highest BCUT2D eigenvalue weighted by Crippen LogP contribution is 2.60. The van der Waals surface area contributed by atoms with Crippen molar-refractivity contribution in [2.75, 3.05) is 6.54 Å². The molecule has 1 aliphatic heterocycles. The summed E-state index contributed by atoms with van der Waals surface area (Å²) >= 11 is 0. The van der Waals surface area contributed by atoms with Crippen molar-refractivity contribution in [3.8, 4) is 11.5 Å². The number of nitrogens with zero attached hydrogens (tertiary/aromatic N) is 6. The Morgan fingerprint density at radius 1 is 1.12 bits per heavy atom. The number of likely N-dealkylation sites (tertiary alicyclic amines) is 1. The molecule has 0 bridgehead atoms. The molecule has 0 N–H and O–H groups in total. The molecule has 8 rings (SSSR count). The van der Waals surface area contributed by atoms with Gasteiger partial charge in [-0.05, 0) is 73.6 Å². The number of hydrogen-bond donors (Lipinski definition) is 0. The van der Waals surface area contributed by atoms with Crippen LogP contribution in [0.25, 0.3) is 33.7 Å². The summed E-state index contributed by atoms with van der Waals surface area (Å²) in [6, 6.07) is 8.68. The number of pyridine rings is 2. The molecular weight excluding hydrogens is 412 g/mol. The first-order valence-electron chi connectivity index (χ1n) is 12.2. The minimum atomic E-state index is 0.126. The van der Waals surface area contributed by atoms with Gasteiger partial charge in [0.05, 0.1) is 11.3 Å². The normalized spacial score (nSPS) is 27.6. The van der Waals surface area contributed by atoms with Gasteiger partial charge in [0.25, 0.3) is 5.91 Å². The lowest BCUT2D eigenvalue weighted by Gasteiger charge is -2.52. The SMILES string of the molecule is Cn1c(-c2cc3cccnc3n2CC2CC2)nc2cc(C(=O)N3C[C@H]4CC5C[C@@H]3[C@H]54)cnc21. The van der Waals surface area contributed by atoms with E-state index < -0.39 is 0 Å². The summed E-state index contributed by atoms with van der Waals surface area (Å²) in [7, 11) is 2.01. The standard InChI is InChI=1S/C26H26N6O/c1-30-24-19(8-17(11-28-24)26(33)32-13-18-7-16-10-20(32)22(16)18)29-25(30)21-9-15-3-2-6-27-23(15)31(21)12-14-4-5-14/h2-3,6,8-9,11,14,16,18,20,22H,4-5,7,10,12-13H2,1H3/t16?,18-,20-,22-/m1/s1. The Bertz CT molecular complexity index is 1460. The van der Waals surface area contributed by atoms with E-state index in [-0.39, 0.29) is 5.91 Å². The van der Waals surface area contributed by atoms with Gasteiger partial charge in [-0.25, -0.2) is 15.0 Å². The maximum Gasteiger partial charge on any atom is 0.255 e. The zero-order chi connectivity index (χ0) is 21.8. The molecule has 0 aromatic carbocycles. The summed E-state index contributed by atoms with van der Waals surface area (Å²) in [5, 5.41) is 1.13. The van der Waals surface area contributed by atoms with E-state index in [0.717, 1.165) is 70.5 Å². The first-order chi connectivity index (χ1) is 16.2. The highest BCUT2D eigenvalue weighted by Gasteiger charge is 2.61. The van der Waals surface area contributed by atoms with Crippen molar-refractivity contribution < 1.29 is 4.79 Å². The Kier molecular flexibility index (Phi) is 3.43. The fourth-order valence-corrected chi connectivity index (χ4v) is 6.80. The first kappa shape index (κ1) is 18.2. The molecule has 4 atom stereocenters. The van der Waals surface area contributed by atoms with Crippen LogP contribution < -0.4 is 0 Å². The summed E-state index contributed by atoms with van der Waals surface area (Å²) in [6.45, 7) is 1.89. The zero-order valence-electron chi connectivity index (χ0n) is 18.7. The Morgan fingerprint density at radius 3 is 2.85 bits per heavy atom. The van der Waals surface area contributed by atoms with Gasteiger partial charge in [0.2, 0.25) is 0 Å². The molecule has 3 aliphatic carbocycles. The molecule has 0 radical (unpaired) electrons. The molecule has 7 nitrogen and oxygen atoms in total. The minimum absolute atomic E-state index is 0.126. The van der Waals surface area contributed by atoms with E-state index in [1.807, 2.05) is 29.9 Å². The Morgan fingerprint density at radius 2 is 2.03 bits per heavy atom. The molecule has 7 heteroatoms. The summed E-state index contributed by atoms with van der Waals surface area (Å²) in [6.07, 6.45) is 8.67. The predicted octanol–water partition coefficient (Wildman–Crippen LogP) is 3.88. The molecule has 4 aromatic heterocycles. The van der Waals surface area contributed by atoms with Gasteiger partial charge in [-0.1, -0.05) is 0 Å². The van der Waals surface area contributed by atoms with Gasteiger partial charge < -0.3 is 14.0 Å². The summed E-state index contributed by atoms with van der Waals surface area (Å²) in [4.78, 5) is 29.8. The van der Waals surface area contributed by atoms with Crippen LogP contribution in [0.2, 0.25) is 0 Å². The molecule has 33 heavy (non-hydrogen) atoms. The Hall–Kier alpha value is -3.22. The van der Waals surface area contributed by atoms with Crippen molar-refractivity contribution >= 4 is 28.1 Å². The van der Waals surface area contributed by atoms with Crippen molar-refractivity contribution in [3.63, 3.8) is 0 Å². The zero-order valence-corrected chi connectivity index (χ0v) is 18.7. The lowest BCUT2D eigenvalue weighted by atomic mass is 9.53. The molecule has 3 saturated carbocycles. The van der Waals surface area contributed by atoms with Crippen LogP contribution in [0, 0.1) is 23.7 Å². The van der Waals surface area contributed by atoms with Crippen LogP contribution in [0.4, 0.5) is 0 Å². The average Bonchev–Trinajstić information content (AvgIpc) is 3.48. The van der Waals surface area contributed by atoms with Crippen LogP contribution in [0.5, 0.6) is 0 Å². The fourth-order valence-electron chi connectivity index (χ4n) is 6.80. The van der Waals surface area contributed by atoms with E-state index in [9.17, 15) is 4.79 Å². The van der Waals surface area contributed by atoms with E-state index in [1.165, 1.54) is 25.7 Å². The van der Waals surface area contributed by atoms with E-state index >= 15 is 0 Å². The van der Waals surface area contributed by atoms with E-state index in [2.05, 4.69) is 26.6 Å². The summed E-state index contributed by atoms with van der Waals surface area (Å²) in [5.41, 5.74) is 4.33. The third-order valence-electron chi connectivity index (χ3n) is 8.75. The highest BCUT2D eigenvalue weighted by molar-refractivity contribution is 5.97. The fraction of sp³-hybridized carbons (Fsp3) is 0.462. The maximum atomic E-state index is 13.3. The minimum Gasteiger partial charge on any atom is -0.335 e. The van der Waals surface area contributed by atoms with E-state index in [0.29, 0.717) is 11.6 Å². The number of aryl methyl sites for hydroxylation is 1. The lowest BCUT2D eigenvalue weighted by molar-refractivity contribution is -0.0204. The first-order valence-corrected chi connectivity index (χ1v) is 12.2. The predicted molar refractivity (Wildman–Crippen MR) is 124 cm³/mol. The molecule has 5 heterocycles. The van der Waals surface area contributed by atoms with Crippen molar-refractivity contribution in [1.29, 1.82) is 0 Å². The van der Waals surface area contributed by atoms with Gasteiger partial charge in [0.1, 0.15) is 11.2 Å². The average molecular weight is 439 g/mol. The third kappa shape index (κ3) is 2.45. The van der Waals surface area contributed by atoms with Crippen molar-refractivity contribution in [1.82, 2.24) is 29.0 Å². The van der Waals surface area contributed by atoms with E-state index in [4.69, 9.17) is 9.97 Å². The summed E-state index contributed by atoms with van der Waals surface area (Å²) < 4.78 is 4.36. The number of hydrogen-bond acceptors (Lipinski definition) is 4. The van der Waals surface area contributed by atoms with Gasteiger partial charge in [-0.15, -0.1) is 0 Å². The third-order valence-corrected chi connectivity index (χ3v) is 8.75. The number of carbonyl (C=O) groups excluding carboxylic acids is 1. The Labute approximate surface area is 191 Å². The topological polar surface area (TPSA) is 68.8 Å². The molecule has 1 unspecified atom stereocenters. The Balaban J connectivity index is 1.20. The van der Waals surface area contributed by atoms with Gasteiger partial charge in [-0.2, -0.15) is 0 Å². The second-order valence-electron chi connectivity index (χ2n) is 10.7. The molecule has 1 amide bonds. The van der Waals surface area contributed by atoms with Crippen molar-refractivity contribution in [3.05, 3.63) is 42.2 Å². The second kappa shape index (κ2) is 6.22. The highest BCUT2D eigenvalue weighted by atomic mass is 16.2. The molecule has 0 spiro atoms. The van der Waals surface area contributed by atoms with E-state index in [1.54, 1.807) is 6.20 Å². The molecule has 166 valence electrons. The van der Waals surface area contributed by atoms with Crippen LogP contribution in [-0.4, -0.2) is 47.5 Å². The number of carbonyl (C=O) groups is 1. The maximum absolute atomic E-state index is 13.3. The molecule has 4 aliphatic rings. The second-order valence-corrected chi connectivity index (χ2v) is 10.7. The van der Waals surface area contributed by atoms with Gasteiger partial charge >= 0.3 is 0 Å². The van der Waals surface area contributed by atoms with Gasteiger partial charge in [-0.3, -0.25) is 4.79 Å². The molecule has 4 fully saturated rings. The van der Waals surface area contributed by atoms with Crippen LogP contribution in [0.15, 0.2) is 36.7 Å². The van der Waals surface area contributed by atoms with Crippen LogP contribution in [0.3, 0.4) is 0 Å². The number of imidazole rings is 1. The number of amides is 1. The number of aromatic nitrogens is 5. The largest absolute Gasteiger partial charge is 0.335 e. The number of fused-ring (bicyclic) bond motifs is 2. The van der Waals surface area contributed by atoms with Gasteiger partial charge in [0, 0.05) is 44.0 Å². The van der Waals surface area contributed by atoms with Crippen LogP contribution in [0.1, 0.15) is 36.0 Å². The van der Waals surface area contributed by atoms with Gasteiger partial charge in [0.15, 0.2) is 11.5 Å². The number of rotatable bonds is 4. The summed E-state index contributed by atoms with van der Waals surface area (Å²) in [5.74, 6) is 4.11. The lowest BCUT2D eigenvalue weighted by Crippen LogP contribution is -2.53. The molecule has 4 aromatic rings. The monoisotopic (exact) mass is 438 g/mol.